The van der Waals surface area contributed by atoms with E-state index in [1.807, 2.05) is 24.3 Å². The lowest BCUT2D eigenvalue weighted by atomic mass is 10.1. The summed E-state index contributed by atoms with van der Waals surface area (Å²) in [4.78, 5) is 4.62. The molecule has 4 nitrogen and oxygen atoms in total. The number of hydrogen-bond acceptors (Lipinski definition) is 4. The van der Waals surface area contributed by atoms with Gasteiger partial charge in [-0.2, -0.15) is 0 Å². The van der Waals surface area contributed by atoms with E-state index in [-0.39, 0.29) is 6.10 Å². The number of nitrogens with zero attached hydrogens (tertiary/aromatic N) is 1. The van der Waals surface area contributed by atoms with E-state index in [0.29, 0.717) is 5.88 Å². The molecule has 0 amide bonds. The summed E-state index contributed by atoms with van der Waals surface area (Å²) in [5.41, 5.74) is 1.80. The van der Waals surface area contributed by atoms with Crippen molar-refractivity contribution in [1.29, 1.82) is 0 Å². The molecular formula is C16H18N2O2. The summed E-state index contributed by atoms with van der Waals surface area (Å²) in [6.07, 6.45) is 2.98. The van der Waals surface area contributed by atoms with Crippen molar-refractivity contribution in [2.45, 2.75) is 12.5 Å². The molecule has 20 heavy (non-hydrogen) atoms. The molecule has 0 radical (unpaired) electrons. The molecule has 0 saturated carbocycles. The number of rotatable bonds is 4. The zero-order valence-corrected chi connectivity index (χ0v) is 11.6. The number of hydrogen-bond donors (Lipinski definition) is 1. The number of benzene rings is 1. The van der Waals surface area contributed by atoms with Crippen LogP contribution in [0.5, 0.6) is 11.6 Å². The van der Waals surface area contributed by atoms with Crippen molar-refractivity contribution in [2.24, 2.45) is 0 Å². The number of methoxy groups -OCH3 is 1. The monoisotopic (exact) mass is 270 g/mol. The largest absolute Gasteiger partial charge is 0.497 e. The van der Waals surface area contributed by atoms with Gasteiger partial charge in [0.05, 0.1) is 12.6 Å². The quantitative estimate of drug-likeness (QED) is 0.927. The molecule has 1 atom stereocenters. The molecule has 1 N–H and O–H groups in total. The molecule has 0 spiro atoms. The SMILES string of the molecule is C=Cc1cc2ccc(OC)cc2nc1OC1CCNC1. The molecule has 104 valence electrons. The molecule has 2 aromatic rings. The van der Waals surface area contributed by atoms with Crippen molar-refractivity contribution >= 4 is 17.0 Å². The number of fused-ring (bicyclic) bond motifs is 1. The van der Waals surface area contributed by atoms with Crippen LogP contribution in [-0.4, -0.2) is 31.3 Å². The van der Waals surface area contributed by atoms with Crippen molar-refractivity contribution in [2.75, 3.05) is 20.2 Å². The van der Waals surface area contributed by atoms with Gasteiger partial charge < -0.3 is 14.8 Å². The maximum Gasteiger partial charge on any atom is 0.221 e. The van der Waals surface area contributed by atoms with Gasteiger partial charge in [0.25, 0.3) is 0 Å². The number of pyridine rings is 1. The minimum absolute atomic E-state index is 0.184. The van der Waals surface area contributed by atoms with Gasteiger partial charge in [-0.25, -0.2) is 4.98 Å². The molecule has 1 aromatic carbocycles. The van der Waals surface area contributed by atoms with Crippen LogP contribution in [0.15, 0.2) is 30.8 Å². The molecule has 1 aliphatic rings. The average molecular weight is 270 g/mol. The van der Waals surface area contributed by atoms with Gasteiger partial charge in [-0.1, -0.05) is 12.7 Å². The summed E-state index contributed by atoms with van der Waals surface area (Å²) in [6, 6.07) is 7.89. The second kappa shape index (κ2) is 5.51. The van der Waals surface area contributed by atoms with E-state index in [0.717, 1.165) is 41.7 Å². The van der Waals surface area contributed by atoms with Gasteiger partial charge in [0.1, 0.15) is 11.9 Å². The maximum atomic E-state index is 5.99. The fourth-order valence-electron chi connectivity index (χ4n) is 2.40. The molecule has 1 aliphatic heterocycles. The number of nitrogens with one attached hydrogen (secondary N) is 1. The van der Waals surface area contributed by atoms with Crippen molar-refractivity contribution in [3.63, 3.8) is 0 Å². The standard InChI is InChI=1S/C16H18N2O2/c1-3-11-8-12-4-5-13(19-2)9-15(12)18-16(11)20-14-6-7-17-10-14/h3-5,8-9,14,17H,1,6-7,10H2,2H3. The average Bonchev–Trinajstić information content (AvgIpc) is 2.99. The highest BCUT2D eigenvalue weighted by molar-refractivity contribution is 5.83. The summed E-state index contributed by atoms with van der Waals surface area (Å²) in [5.74, 6) is 1.44. The smallest absolute Gasteiger partial charge is 0.221 e. The molecule has 2 heterocycles. The second-order valence-electron chi connectivity index (χ2n) is 4.88. The first-order valence-corrected chi connectivity index (χ1v) is 6.79. The highest BCUT2D eigenvalue weighted by Gasteiger charge is 2.18. The topological polar surface area (TPSA) is 43.4 Å². The Morgan fingerprint density at radius 2 is 2.30 bits per heavy atom. The lowest BCUT2D eigenvalue weighted by Crippen LogP contribution is -2.20. The summed E-state index contributed by atoms with van der Waals surface area (Å²) in [5, 5.41) is 4.34. The fraction of sp³-hybridized carbons (Fsp3) is 0.312. The van der Waals surface area contributed by atoms with Crippen LogP contribution < -0.4 is 14.8 Å². The van der Waals surface area contributed by atoms with Gasteiger partial charge >= 0.3 is 0 Å². The zero-order valence-electron chi connectivity index (χ0n) is 11.6. The Labute approximate surface area is 118 Å². The van der Waals surface area contributed by atoms with Crippen LogP contribution in [0.1, 0.15) is 12.0 Å². The van der Waals surface area contributed by atoms with Crippen LogP contribution in [0.25, 0.3) is 17.0 Å². The first kappa shape index (κ1) is 12.9. The Hall–Kier alpha value is -2.07. The Morgan fingerprint density at radius 1 is 1.40 bits per heavy atom. The molecule has 4 heteroatoms. The van der Waals surface area contributed by atoms with E-state index < -0.39 is 0 Å². The first-order valence-electron chi connectivity index (χ1n) is 6.79. The lowest BCUT2D eigenvalue weighted by molar-refractivity contribution is 0.214. The third-order valence-electron chi connectivity index (χ3n) is 3.53. The maximum absolute atomic E-state index is 5.99. The van der Waals surface area contributed by atoms with Gasteiger partial charge in [-0.05, 0) is 31.2 Å². The lowest BCUT2D eigenvalue weighted by Gasteiger charge is -2.14. The Balaban J connectivity index is 2.01. The van der Waals surface area contributed by atoms with Crippen LogP contribution >= 0.6 is 0 Å². The predicted octanol–water partition coefficient (Wildman–Crippen LogP) is 2.63. The van der Waals surface area contributed by atoms with E-state index in [9.17, 15) is 0 Å². The third kappa shape index (κ3) is 2.47. The third-order valence-corrected chi connectivity index (χ3v) is 3.53. The van der Waals surface area contributed by atoms with Gasteiger partial charge in [-0.15, -0.1) is 0 Å². The van der Waals surface area contributed by atoms with E-state index in [4.69, 9.17) is 9.47 Å². The number of ether oxygens (including phenoxy) is 2. The molecular weight excluding hydrogens is 252 g/mol. The first-order chi connectivity index (χ1) is 9.80. The molecule has 1 unspecified atom stereocenters. The Kier molecular flexibility index (Phi) is 3.56. The summed E-state index contributed by atoms with van der Waals surface area (Å²) < 4.78 is 11.2. The van der Waals surface area contributed by atoms with E-state index in [1.165, 1.54) is 0 Å². The molecule has 3 rings (SSSR count). The summed E-state index contributed by atoms with van der Waals surface area (Å²) >= 11 is 0. The van der Waals surface area contributed by atoms with E-state index in [1.54, 1.807) is 13.2 Å². The van der Waals surface area contributed by atoms with Crippen molar-refractivity contribution in [3.05, 3.63) is 36.4 Å². The van der Waals surface area contributed by atoms with Crippen LogP contribution in [0.4, 0.5) is 0 Å². The van der Waals surface area contributed by atoms with E-state index in [2.05, 4.69) is 16.9 Å². The highest BCUT2D eigenvalue weighted by atomic mass is 16.5. The van der Waals surface area contributed by atoms with Crippen molar-refractivity contribution < 1.29 is 9.47 Å². The van der Waals surface area contributed by atoms with Gasteiger partial charge in [-0.3, -0.25) is 0 Å². The van der Waals surface area contributed by atoms with Crippen LogP contribution in [0.3, 0.4) is 0 Å². The van der Waals surface area contributed by atoms with Crippen molar-refractivity contribution in [3.8, 4) is 11.6 Å². The molecule has 1 aromatic heterocycles. The molecule has 0 aliphatic carbocycles. The zero-order chi connectivity index (χ0) is 13.9. The minimum atomic E-state index is 0.184. The molecule has 0 bridgehead atoms. The van der Waals surface area contributed by atoms with Crippen molar-refractivity contribution in [1.82, 2.24) is 10.3 Å². The second-order valence-corrected chi connectivity index (χ2v) is 4.88. The summed E-state index contributed by atoms with van der Waals surface area (Å²) in [6.45, 7) is 5.71. The van der Waals surface area contributed by atoms with Gasteiger partial charge in [0.15, 0.2) is 0 Å². The van der Waals surface area contributed by atoms with Crippen LogP contribution in [-0.2, 0) is 0 Å². The molecule has 1 fully saturated rings. The van der Waals surface area contributed by atoms with Crippen LogP contribution in [0, 0.1) is 0 Å². The Bertz CT molecular complexity index is 634. The fourth-order valence-corrected chi connectivity index (χ4v) is 2.40. The van der Waals surface area contributed by atoms with Gasteiger partial charge in [0, 0.05) is 23.6 Å². The summed E-state index contributed by atoms with van der Waals surface area (Å²) in [7, 11) is 1.65. The highest BCUT2D eigenvalue weighted by Crippen LogP contribution is 2.27. The number of aromatic nitrogens is 1. The van der Waals surface area contributed by atoms with E-state index >= 15 is 0 Å². The minimum Gasteiger partial charge on any atom is -0.497 e. The normalized spacial score (nSPS) is 18.1. The predicted molar refractivity (Wildman–Crippen MR) is 80.3 cm³/mol. The Morgan fingerprint density at radius 3 is 3.00 bits per heavy atom. The van der Waals surface area contributed by atoms with Crippen LogP contribution in [0.2, 0.25) is 0 Å². The molecule has 1 saturated heterocycles. The van der Waals surface area contributed by atoms with Gasteiger partial charge in [0.2, 0.25) is 5.88 Å².